The SMILES string of the molecule is Cc1nnn(Cc2cc(C(F)(F)F)ccc2CCC(=O)N2CCC(S(=O)(=O)c3cccc(F)c3F)CC2)n1. The van der Waals surface area contributed by atoms with Crippen LogP contribution in [0.1, 0.15) is 41.8 Å². The van der Waals surface area contributed by atoms with Crippen molar-refractivity contribution in [2.45, 2.75) is 55.5 Å². The molecule has 4 rings (SSSR count). The summed E-state index contributed by atoms with van der Waals surface area (Å²) in [6.45, 7) is 1.73. The number of rotatable bonds is 7. The number of amides is 1. The van der Waals surface area contributed by atoms with Gasteiger partial charge in [-0.25, -0.2) is 17.2 Å². The fourth-order valence-corrected chi connectivity index (χ4v) is 6.24. The molecular weight excluding hydrogens is 533 g/mol. The molecule has 3 aromatic rings. The highest BCUT2D eigenvalue weighted by Gasteiger charge is 2.35. The first-order valence-corrected chi connectivity index (χ1v) is 13.3. The molecule has 1 fully saturated rings. The van der Waals surface area contributed by atoms with E-state index in [4.69, 9.17) is 0 Å². The number of nitrogens with zero attached hydrogens (tertiary/aromatic N) is 5. The number of alkyl halides is 3. The van der Waals surface area contributed by atoms with Crippen molar-refractivity contribution >= 4 is 15.7 Å². The number of hydrogen-bond acceptors (Lipinski definition) is 6. The summed E-state index contributed by atoms with van der Waals surface area (Å²) >= 11 is 0. The first-order valence-electron chi connectivity index (χ1n) is 11.8. The summed E-state index contributed by atoms with van der Waals surface area (Å²) in [6.07, 6.45) is -4.32. The molecular formula is C24H24F5N5O3S. The van der Waals surface area contributed by atoms with Crippen LogP contribution in [0.5, 0.6) is 0 Å². The summed E-state index contributed by atoms with van der Waals surface area (Å²) in [6, 6.07) is 6.25. The van der Waals surface area contributed by atoms with Crippen LogP contribution in [0.3, 0.4) is 0 Å². The highest BCUT2D eigenvalue weighted by Crippen LogP contribution is 2.31. The van der Waals surface area contributed by atoms with E-state index >= 15 is 0 Å². The summed E-state index contributed by atoms with van der Waals surface area (Å²) in [5.41, 5.74) is -0.0234. The topological polar surface area (TPSA) is 98.0 Å². The van der Waals surface area contributed by atoms with E-state index < -0.39 is 43.4 Å². The minimum Gasteiger partial charge on any atom is -0.343 e. The Balaban J connectivity index is 1.41. The number of benzene rings is 2. The fraction of sp³-hybridized carbons (Fsp3) is 0.417. The van der Waals surface area contributed by atoms with Gasteiger partial charge < -0.3 is 4.90 Å². The van der Waals surface area contributed by atoms with Crippen molar-refractivity contribution in [2.75, 3.05) is 13.1 Å². The number of hydrogen-bond donors (Lipinski definition) is 0. The third kappa shape index (κ3) is 6.00. The van der Waals surface area contributed by atoms with Gasteiger partial charge in [0.1, 0.15) is 4.90 Å². The molecule has 38 heavy (non-hydrogen) atoms. The second kappa shape index (κ2) is 10.8. The van der Waals surface area contributed by atoms with E-state index in [1.54, 1.807) is 6.92 Å². The Bertz CT molecular complexity index is 1430. The number of carbonyl (C=O) groups is 1. The van der Waals surface area contributed by atoms with E-state index in [0.717, 1.165) is 30.3 Å². The maximum atomic E-state index is 14.1. The van der Waals surface area contributed by atoms with E-state index in [1.807, 2.05) is 0 Å². The second-order valence-electron chi connectivity index (χ2n) is 9.03. The van der Waals surface area contributed by atoms with Crippen molar-refractivity contribution in [1.29, 1.82) is 0 Å². The van der Waals surface area contributed by atoms with Crippen LogP contribution in [0, 0.1) is 18.6 Å². The summed E-state index contributed by atoms with van der Waals surface area (Å²) in [7, 11) is -4.13. The third-order valence-corrected chi connectivity index (χ3v) is 8.74. The molecule has 204 valence electrons. The molecule has 1 aromatic heterocycles. The second-order valence-corrected chi connectivity index (χ2v) is 11.2. The van der Waals surface area contributed by atoms with Crippen LogP contribution in [0.2, 0.25) is 0 Å². The molecule has 1 aliphatic heterocycles. The number of aryl methyl sites for hydroxylation is 2. The van der Waals surface area contributed by atoms with Crippen LogP contribution < -0.4 is 0 Å². The quantitative estimate of drug-likeness (QED) is 0.411. The average Bonchev–Trinajstić information content (AvgIpc) is 3.28. The molecule has 0 spiro atoms. The van der Waals surface area contributed by atoms with Crippen molar-refractivity contribution in [3.63, 3.8) is 0 Å². The van der Waals surface area contributed by atoms with Gasteiger partial charge in [0.15, 0.2) is 27.3 Å². The van der Waals surface area contributed by atoms with Crippen LogP contribution in [-0.2, 0) is 33.8 Å². The van der Waals surface area contributed by atoms with Crippen molar-refractivity contribution in [3.05, 3.63) is 70.5 Å². The van der Waals surface area contributed by atoms with Gasteiger partial charge in [-0.1, -0.05) is 12.1 Å². The minimum absolute atomic E-state index is 0.0158. The van der Waals surface area contributed by atoms with Crippen LogP contribution in [0.15, 0.2) is 41.3 Å². The first kappa shape index (κ1) is 27.6. The number of piperidine rings is 1. The Morgan fingerprint density at radius 3 is 2.42 bits per heavy atom. The minimum atomic E-state index is -4.55. The van der Waals surface area contributed by atoms with Crippen molar-refractivity contribution in [1.82, 2.24) is 25.1 Å². The Labute approximate surface area is 215 Å². The molecule has 0 saturated carbocycles. The summed E-state index contributed by atoms with van der Waals surface area (Å²) in [4.78, 5) is 14.8. The number of tetrazole rings is 1. The smallest absolute Gasteiger partial charge is 0.343 e. The molecule has 0 N–H and O–H groups in total. The number of aromatic nitrogens is 4. The zero-order valence-corrected chi connectivity index (χ0v) is 21.1. The van der Waals surface area contributed by atoms with Gasteiger partial charge in [-0.15, -0.1) is 10.2 Å². The summed E-state index contributed by atoms with van der Waals surface area (Å²) < 4.78 is 93.1. The zero-order chi connectivity index (χ0) is 27.7. The number of carbonyl (C=O) groups excluding carboxylic acids is 1. The molecule has 14 heteroatoms. The molecule has 0 bridgehead atoms. The molecule has 8 nitrogen and oxygen atoms in total. The van der Waals surface area contributed by atoms with Gasteiger partial charge in [0, 0.05) is 19.5 Å². The Morgan fingerprint density at radius 1 is 1.08 bits per heavy atom. The van der Waals surface area contributed by atoms with E-state index in [0.29, 0.717) is 17.0 Å². The van der Waals surface area contributed by atoms with Crippen LogP contribution in [-0.4, -0.2) is 57.8 Å². The van der Waals surface area contributed by atoms with Crippen molar-refractivity contribution < 1.29 is 35.2 Å². The molecule has 1 saturated heterocycles. The lowest BCUT2D eigenvalue weighted by Gasteiger charge is -2.32. The standard InChI is InChI=1S/C24H24F5N5O3S/c1-15-30-32-34(31-15)14-17-13-18(24(27,28)29)7-5-16(17)6-8-22(35)33-11-9-19(10-12-33)38(36,37)21-4-2-3-20(25)23(21)26/h2-5,7,13,19H,6,8-12,14H2,1H3. The molecule has 1 aliphatic rings. The van der Waals surface area contributed by atoms with Crippen molar-refractivity contribution in [3.8, 4) is 0 Å². The van der Waals surface area contributed by atoms with Gasteiger partial charge in [-0.2, -0.15) is 18.0 Å². The molecule has 1 amide bonds. The Hall–Kier alpha value is -3.42. The third-order valence-electron chi connectivity index (χ3n) is 6.46. The van der Waals surface area contributed by atoms with Crippen LogP contribution >= 0.6 is 0 Å². The van der Waals surface area contributed by atoms with Crippen LogP contribution in [0.25, 0.3) is 0 Å². The zero-order valence-electron chi connectivity index (χ0n) is 20.3. The summed E-state index contributed by atoms with van der Waals surface area (Å²) in [5, 5.41) is 10.6. The lowest BCUT2D eigenvalue weighted by Crippen LogP contribution is -2.42. The fourth-order valence-electron chi connectivity index (χ4n) is 4.43. The van der Waals surface area contributed by atoms with E-state index in [9.17, 15) is 35.2 Å². The van der Waals surface area contributed by atoms with Gasteiger partial charge in [0.05, 0.1) is 17.4 Å². The summed E-state index contributed by atoms with van der Waals surface area (Å²) in [5.74, 6) is -2.61. The average molecular weight is 558 g/mol. The number of halogens is 5. The Morgan fingerprint density at radius 2 is 1.79 bits per heavy atom. The van der Waals surface area contributed by atoms with Gasteiger partial charge in [0.2, 0.25) is 5.91 Å². The van der Waals surface area contributed by atoms with E-state index in [1.165, 1.54) is 15.8 Å². The maximum absolute atomic E-state index is 14.1. The monoisotopic (exact) mass is 557 g/mol. The van der Waals surface area contributed by atoms with Crippen LogP contribution in [0.4, 0.5) is 22.0 Å². The van der Waals surface area contributed by atoms with Gasteiger partial charge in [-0.3, -0.25) is 4.79 Å². The number of likely N-dealkylation sites (tertiary alicyclic amines) is 1. The predicted molar refractivity (Wildman–Crippen MR) is 125 cm³/mol. The molecule has 0 unspecified atom stereocenters. The van der Waals surface area contributed by atoms with Gasteiger partial charge in [0.25, 0.3) is 0 Å². The van der Waals surface area contributed by atoms with Gasteiger partial charge >= 0.3 is 6.18 Å². The molecule has 2 aromatic carbocycles. The van der Waals surface area contributed by atoms with E-state index in [-0.39, 0.29) is 51.2 Å². The normalized spacial score (nSPS) is 15.2. The van der Waals surface area contributed by atoms with Crippen molar-refractivity contribution in [2.24, 2.45) is 0 Å². The highest BCUT2D eigenvalue weighted by atomic mass is 32.2. The lowest BCUT2D eigenvalue weighted by atomic mass is 9.99. The molecule has 2 heterocycles. The first-order chi connectivity index (χ1) is 17.9. The van der Waals surface area contributed by atoms with Gasteiger partial charge in [-0.05, 0) is 66.8 Å². The largest absolute Gasteiger partial charge is 0.416 e. The molecule has 0 atom stereocenters. The predicted octanol–water partition coefficient (Wildman–Crippen LogP) is 3.72. The molecule has 0 radical (unpaired) electrons. The highest BCUT2D eigenvalue weighted by molar-refractivity contribution is 7.92. The molecule has 0 aliphatic carbocycles. The Kier molecular flexibility index (Phi) is 7.81. The number of sulfone groups is 1. The lowest BCUT2D eigenvalue weighted by molar-refractivity contribution is -0.137. The van der Waals surface area contributed by atoms with E-state index in [2.05, 4.69) is 15.4 Å². The maximum Gasteiger partial charge on any atom is 0.416 e.